The van der Waals surface area contributed by atoms with Gasteiger partial charge in [-0.15, -0.1) is 5.10 Å². The van der Waals surface area contributed by atoms with E-state index in [1.807, 2.05) is 0 Å². The highest BCUT2D eigenvalue weighted by molar-refractivity contribution is 5.95. The normalized spacial score (nSPS) is 21.2. The summed E-state index contributed by atoms with van der Waals surface area (Å²) in [4.78, 5) is 25.6. The molecule has 1 aliphatic rings. The smallest absolute Gasteiger partial charge is 0.308 e. The van der Waals surface area contributed by atoms with Crippen LogP contribution in [0.4, 0.5) is 0 Å². The van der Waals surface area contributed by atoms with E-state index in [4.69, 9.17) is 0 Å². The van der Waals surface area contributed by atoms with Gasteiger partial charge < -0.3 is 10.0 Å². The maximum atomic E-state index is 12.7. The van der Waals surface area contributed by atoms with Crippen LogP contribution < -0.4 is 0 Å². The molecule has 1 N–H and O–H groups in total. The summed E-state index contributed by atoms with van der Waals surface area (Å²) in [5.41, 5.74) is 1.36. The van der Waals surface area contributed by atoms with Crippen molar-refractivity contribution in [2.75, 3.05) is 6.54 Å². The summed E-state index contributed by atoms with van der Waals surface area (Å²) in [5.74, 6) is -1.47. The van der Waals surface area contributed by atoms with Gasteiger partial charge in [-0.2, -0.15) is 0 Å². The number of carbonyl (C=O) groups excluding carboxylic acids is 1. The van der Waals surface area contributed by atoms with Gasteiger partial charge in [-0.05, 0) is 44.0 Å². The fraction of sp³-hybridized carbons (Fsp3) is 0.375. The first-order chi connectivity index (χ1) is 11.1. The molecule has 0 spiro atoms. The molecule has 0 saturated carbocycles. The van der Waals surface area contributed by atoms with Crippen LogP contribution in [0.15, 0.2) is 36.7 Å². The van der Waals surface area contributed by atoms with E-state index in [1.165, 1.54) is 0 Å². The predicted octanol–water partition coefficient (Wildman–Crippen LogP) is 1.59. The van der Waals surface area contributed by atoms with Crippen molar-refractivity contribution in [3.63, 3.8) is 0 Å². The summed E-state index contributed by atoms with van der Waals surface area (Å²) in [5, 5.41) is 16.9. The Hall–Kier alpha value is -2.70. The maximum Gasteiger partial charge on any atom is 0.308 e. The van der Waals surface area contributed by atoms with Crippen LogP contribution in [0.2, 0.25) is 0 Å². The topological polar surface area (TPSA) is 88.3 Å². The Morgan fingerprint density at radius 1 is 1.26 bits per heavy atom. The van der Waals surface area contributed by atoms with Crippen molar-refractivity contribution in [3.05, 3.63) is 42.2 Å². The Morgan fingerprint density at radius 2 is 2.00 bits per heavy atom. The molecule has 1 fully saturated rings. The van der Waals surface area contributed by atoms with Crippen LogP contribution in [0.1, 0.15) is 30.1 Å². The van der Waals surface area contributed by atoms with Gasteiger partial charge in [0.2, 0.25) is 0 Å². The SMILES string of the molecule is C[C@@H]1[C@H](C(=O)O)CCCN1C(=O)c1ccc(-n2ccnn2)cc1. The molecule has 3 rings (SSSR count). The molecule has 1 aromatic carbocycles. The van der Waals surface area contributed by atoms with Gasteiger partial charge in [-0.25, -0.2) is 4.68 Å². The molecule has 0 aliphatic carbocycles. The number of hydrogen-bond donors (Lipinski definition) is 1. The monoisotopic (exact) mass is 314 g/mol. The number of carbonyl (C=O) groups is 2. The number of benzene rings is 1. The van der Waals surface area contributed by atoms with E-state index < -0.39 is 11.9 Å². The molecular formula is C16H18N4O3. The lowest BCUT2D eigenvalue weighted by molar-refractivity contribution is -0.144. The van der Waals surface area contributed by atoms with Crippen LogP contribution in [0.25, 0.3) is 5.69 Å². The summed E-state index contributed by atoms with van der Waals surface area (Å²) in [7, 11) is 0. The fourth-order valence-electron chi connectivity index (χ4n) is 3.03. The molecule has 2 atom stereocenters. The molecule has 0 bridgehead atoms. The number of hydrogen-bond acceptors (Lipinski definition) is 4. The van der Waals surface area contributed by atoms with E-state index in [2.05, 4.69) is 10.3 Å². The summed E-state index contributed by atoms with van der Waals surface area (Å²) in [6.45, 7) is 2.40. The van der Waals surface area contributed by atoms with E-state index in [0.29, 0.717) is 24.9 Å². The molecule has 1 saturated heterocycles. The summed E-state index contributed by atoms with van der Waals surface area (Å²) >= 11 is 0. The fourth-order valence-corrected chi connectivity index (χ4v) is 3.03. The molecule has 120 valence electrons. The standard InChI is InChI=1S/C16H18N4O3/c1-11-14(16(22)23)3-2-9-19(11)15(21)12-4-6-13(7-5-12)20-10-8-17-18-20/h4-8,10-11,14H,2-3,9H2,1H3,(H,22,23)/t11-,14-/m1/s1. The number of amides is 1. The van der Waals surface area contributed by atoms with E-state index in [0.717, 1.165) is 5.69 Å². The van der Waals surface area contributed by atoms with Crippen molar-refractivity contribution in [2.45, 2.75) is 25.8 Å². The Bertz CT molecular complexity index is 697. The Morgan fingerprint density at radius 3 is 2.61 bits per heavy atom. The van der Waals surface area contributed by atoms with Crippen molar-refractivity contribution in [2.24, 2.45) is 5.92 Å². The first-order valence-electron chi connectivity index (χ1n) is 7.58. The van der Waals surface area contributed by atoms with Gasteiger partial charge in [-0.1, -0.05) is 5.21 Å². The number of aromatic nitrogens is 3. The molecule has 7 heteroatoms. The quantitative estimate of drug-likeness (QED) is 0.929. The Balaban J connectivity index is 1.78. The average molecular weight is 314 g/mol. The number of piperidine rings is 1. The van der Waals surface area contributed by atoms with E-state index in [1.54, 1.807) is 53.2 Å². The third kappa shape index (κ3) is 2.94. The van der Waals surface area contributed by atoms with E-state index >= 15 is 0 Å². The minimum absolute atomic E-state index is 0.131. The molecule has 1 aliphatic heterocycles. The van der Waals surface area contributed by atoms with Gasteiger partial charge in [0.25, 0.3) is 5.91 Å². The minimum Gasteiger partial charge on any atom is -0.481 e. The molecular weight excluding hydrogens is 296 g/mol. The van der Waals surface area contributed by atoms with Gasteiger partial charge in [0, 0.05) is 18.2 Å². The lowest BCUT2D eigenvalue weighted by Gasteiger charge is -2.37. The number of nitrogens with zero attached hydrogens (tertiary/aromatic N) is 4. The van der Waals surface area contributed by atoms with Crippen LogP contribution in [0.3, 0.4) is 0 Å². The number of likely N-dealkylation sites (tertiary alicyclic amines) is 1. The second kappa shape index (κ2) is 6.20. The maximum absolute atomic E-state index is 12.7. The molecule has 1 amide bonds. The second-order valence-corrected chi connectivity index (χ2v) is 5.72. The predicted molar refractivity (Wildman–Crippen MR) is 82.2 cm³/mol. The van der Waals surface area contributed by atoms with E-state index in [-0.39, 0.29) is 11.9 Å². The van der Waals surface area contributed by atoms with Crippen molar-refractivity contribution >= 4 is 11.9 Å². The lowest BCUT2D eigenvalue weighted by Crippen LogP contribution is -2.49. The molecule has 2 heterocycles. The zero-order chi connectivity index (χ0) is 16.4. The highest BCUT2D eigenvalue weighted by Gasteiger charge is 2.35. The molecule has 7 nitrogen and oxygen atoms in total. The molecule has 0 radical (unpaired) electrons. The highest BCUT2D eigenvalue weighted by Crippen LogP contribution is 2.25. The Kier molecular flexibility index (Phi) is 4.10. The summed E-state index contributed by atoms with van der Waals surface area (Å²) in [6, 6.07) is 6.76. The van der Waals surface area contributed by atoms with Crippen LogP contribution >= 0.6 is 0 Å². The number of aliphatic carboxylic acids is 1. The molecule has 0 unspecified atom stereocenters. The van der Waals surface area contributed by atoms with Crippen molar-refractivity contribution < 1.29 is 14.7 Å². The molecule has 23 heavy (non-hydrogen) atoms. The van der Waals surface area contributed by atoms with E-state index in [9.17, 15) is 14.7 Å². The third-order valence-corrected chi connectivity index (χ3v) is 4.37. The number of carboxylic acid groups (broad SMARTS) is 1. The number of rotatable bonds is 3. The van der Waals surface area contributed by atoms with Crippen LogP contribution in [-0.2, 0) is 4.79 Å². The van der Waals surface area contributed by atoms with Crippen LogP contribution in [-0.4, -0.2) is 49.5 Å². The summed E-state index contributed by atoms with van der Waals surface area (Å²) in [6.07, 6.45) is 4.64. The second-order valence-electron chi connectivity index (χ2n) is 5.72. The average Bonchev–Trinajstić information content (AvgIpc) is 3.09. The Labute approximate surface area is 133 Å². The first-order valence-corrected chi connectivity index (χ1v) is 7.58. The van der Waals surface area contributed by atoms with Crippen LogP contribution in [0, 0.1) is 5.92 Å². The minimum atomic E-state index is -0.837. The van der Waals surface area contributed by atoms with Gasteiger partial charge >= 0.3 is 5.97 Å². The molecule has 1 aromatic heterocycles. The van der Waals surface area contributed by atoms with Gasteiger partial charge in [0.1, 0.15) is 0 Å². The third-order valence-electron chi connectivity index (χ3n) is 4.37. The largest absolute Gasteiger partial charge is 0.481 e. The molecule has 2 aromatic rings. The van der Waals surface area contributed by atoms with Crippen LogP contribution in [0.5, 0.6) is 0 Å². The number of carboxylic acids is 1. The van der Waals surface area contributed by atoms with Gasteiger partial charge in [0.05, 0.1) is 24.0 Å². The first kappa shape index (κ1) is 15.2. The van der Waals surface area contributed by atoms with Crippen molar-refractivity contribution in [3.8, 4) is 5.69 Å². The zero-order valence-corrected chi connectivity index (χ0v) is 12.8. The van der Waals surface area contributed by atoms with Crippen molar-refractivity contribution in [1.29, 1.82) is 0 Å². The highest BCUT2D eigenvalue weighted by atomic mass is 16.4. The zero-order valence-electron chi connectivity index (χ0n) is 12.8. The lowest BCUT2D eigenvalue weighted by atomic mass is 9.90. The van der Waals surface area contributed by atoms with Gasteiger partial charge in [-0.3, -0.25) is 9.59 Å². The summed E-state index contributed by atoms with van der Waals surface area (Å²) < 4.78 is 1.61. The van der Waals surface area contributed by atoms with Crippen molar-refractivity contribution in [1.82, 2.24) is 19.9 Å². The van der Waals surface area contributed by atoms with Gasteiger partial charge in [0.15, 0.2) is 0 Å².